The van der Waals surface area contributed by atoms with Crippen LogP contribution in [0.2, 0.25) is 0 Å². The molecule has 21 heavy (non-hydrogen) atoms. The fourth-order valence-electron chi connectivity index (χ4n) is 2.27. The van der Waals surface area contributed by atoms with Gasteiger partial charge in [-0.3, -0.25) is 4.57 Å². The van der Waals surface area contributed by atoms with Gasteiger partial charge in [0.05, 0.1) is 12.6 Å². The van der Waals surface area contributed by atoms with Crippen LogP contribution in [0.15, 0.2) is 57.7 Å². The first-order chi connectivity index (χ1) is 10.3. The molecule has 0 bridgehead atoms. The number of hydrogen-bond donors (Lipinski definition) is 1. The van der Waals surface area contributed by atoms with Crippen LogP contribution in [0, 0.1) is 0 Å². The Morgan fingerprint density at radius 1 is 1.19 bits per heavy atom. The van der Waals surface area contributed by atoms with Gasteiger partial charge in [0, 0.05) is 24.8 Å². The third kappa shape index (κ3) is 2.76. The summed E-state index contributed by atoms with van der Waals surface area (Å²) in [5.74, 6) is 0.467. The van der Waals surface area contributed by atoms with E-state index in [-0.39, 0.29) is 5.76 Å². The molecule has 108 valence electrons. The van der Waals surface area contributed by atoms with E-state index < -0.39 is 0 Å². The Labute approximate surface area is 121 Å². The van der Waals surface area contributed by atoms with Gasteiger partial charge in [0.15, 0.2) is 5.58 Å². The molecule has 1 N–H and O–H groups in total. The molecule has 0 saturated carbocycles. The molecule has 3 aromatic rings. The van der Waals surface area contributed by atoms with E-state index in [0.717, 1.165) is 17.0 Å². The Kier molecular flexibility index (Phi) is 3.64. The lowest BCUT2D eigenvalue weighted by Gasteiger charge is -2.08. The number of anilines is 1. The number of benzene rings is 2. The van der Waals surface area contributed by atoms with Crippen LogP contribution in [0.25, 0.3) is 11.1 Å². The summed E-state index contributed by atoms with van der Waals surface area (Å²) in [7, 11) is 1.64. The van der Waals surface area contributed by atoms with Crippen LogP contribution >= 0.6 is 0 Å². The predicted molar refractivity (Wildman–Crippen MR) is 82.0 cm³/mol. The highest BCUT2D eigenvalue weighted by Gasteiger charge is 2.07. The van der Waals surface area contributed by atoms with Gasteiger partial charge in [-0.05, 0) is 24.3 Å². The van der Waals surface area contributed by atoms with Gasteiger partial charge in [-0.2, -0.15) is 0 Å². The summed E-state index contributed by atoms with van der Waals surface area (Å²) in [6.07, 6.45) is 0. The van der Waals surface area contributed by atoms with Gasteiger partial charge in [0.25, 0.3) is 0 Å². The van der Waals surface area contributed by atoms with Crippen molar-refractivity contribution < 1.29 is 9.15 Å². The molecule has 0 aliphatic heterocycles. The fraction of sp³-hybridized carbons (Fsp3) is 0.188. The SMILES string of the molecule is COc1cccc(NCCn2c(=O)oc3ccccc32)c1. The van der Waals surface area contributed by atoms with Crippen LogP contribution in [0.5, 0.6) is 5.75 Å². The summed E-state index contributed by atoms with van der Waals surface area (Å²) in [6.45, 7) is 1.16. The van der Waals surface area contributed by atoms with Crippen molar-refractivity contribution in [3.63, 3.8) is 0 Å². The zero-order chi connectivity index (χ0) is 14.7. The number of aromatic nitrogens is 1. The van der Waals surface area contributed by atoms with Crippen molar-refractivity contribution in [2.24, 2.45) is 0 Å². The quantitative estimate of drug-likeness (QED) is 0.782. The monoisotopic (exact) mass is 284 g/mol. The first kappa shape index (κ1) is 13.3. The number of rotatable bonds is 5. The second kappa shape index (κ2) is 5.75. The molecule has 2 aromatic carbocycles. The van der Waals surface area contributed by atoms with Crippen LogP contribution in [0.3, 0.4) is 0 Å². The second-order valence-electron chi connectivity index (χ2n) is 4.65. The first-order valence-corrected chi connectivity index (χ1v) is 6.74. The van der Waals surface area contributed by atoms with E-state index in [9.17, 15) is 4.79 Å². The molecule has 0 unspecified atom stereocenters. The van der Waals surface area contributed by atoms with Crippen molar-refractivity contribution in [3.05, 3.63) is 59.1 Å². The van der Waals surface area contributed by atoms with Crippen molar-refractivity contribution in [2.75, 3.05) is 19.0 Å². The highest BCUT2D eigenvalue weighted by molar-refractivity contribution is 5.72. The number of fused-ring (bicyclic) bond motifs is 1. The van der Waals surface area contributed by atoms with Crippen molar-refractivity contribution in [1.29, 1.82) is 0 Å². The number of para-hydroxylation sites is 2. The molecule has 5 nitrogen and oxygen atoms in total. The number of nitrogens with one attached hydrogen (secondary N) is 1. The minimum Gasteiger partial charge on any atom is -0.497 e. The van der Waals surface area contributed by atoms with E-state index in [4.69, 9.17) is 9.15 Å². The number of oxazole rings is 1. The lowest BCUT2D eigenvalue weighted by Crippen LogP contribution is -2.19. The van der Waals surface area contributed by atoms with Gasteiger partial charge in [0.1, 0.15) is 5.75 Å². The van der Waals surface area contributed by atoms with Crippen LogP contribution in [-0.4, -0.2) is 18.2 Å². The molecular weight excluding hydrogens is 268 g/mol. The number of ether oxygens (including phenoxy) is 1. The van der Waals surface area contributed by atoms with Crippen LogP contribution in [-0.2, 0) is 6.54 Å². The largest absolute Gasteiger partial charge is 0.497 e. The maximum Gasteiger partial charge on any atom is 0.420 e. The molecule has 1 aromatic heterocycles. The molecular formula is C16H16N2O3. The van der Waals surface area contributed by atoms with E-state index in [1.807, 2.05) is 42.5 Å². The lowest BCUT2D eigenvalue weighted by molar-refractivity contribution is 0.415. The van der Waals surface area contributed by atoms with Crippen LogP contribution in [0.1, 0.15) is 0 Å². The maximum absolute atomic E-state index is 11.8. The molecule has 0 saturated heterocycles. The average Bonchev–Trinajstić information content (AvgIpc) is 2.83. The smallest absolute Gasteiger partial charge is 0.420 e. The zero-order valence-corrected chi connectivity index (χ0v) is 11.7. The molecule has 0 atom stereocenters. The average molecular weight is 284 g/mol. The topological polar surface area (TPSA) is 56.4 Å². The second-order valence-corrected chi connectivity index (χ2v) is 4.65. The number of nitrogens with zero attached hydrogens (tertiary/aromatic N) is 1. The molecule has 0 aliphatic carbocycles. The third-order valence-electron chi connectivity index (χ3n) is 3.31. The molecule has 1 heterocycles. The molecule has 0 fully saturated rings. The Morgan fingerprint density at radius 3 is 2.90 bits per heavy atom. The summed E-state index contributed by atoms with van der Waals surface area (Å²) in [6, 6.07) is 15.1. The highest BCUT2D eigenvalue weighted by Crippen LogP contribution is 2.16. The number of methoxy groups -OCH3 is 1. The summed E-state index contributed by atoms with van der Waals surface area (Å²) in [5.41, 5.74) is 2.38. The summed E-state index contributed by atoms with van der Waals surface area (Å²) in [4.78, 5) is 11.8. The minimum atomic E-state index is -0.330. The van der Waals surface area contributed by atoms with Gasteiger partial charge in [-0.1, -0.05) is 18.2 Å². The Bertz CT molecular complexity index is 804. The van der Waals surface area contributed by atoms with Gasteiger partial charge < -0.3 is 14.5 Å². The summed E-state index contributed by atoms with van der Waals surface area (Å²) >= 11 is 0. The Hall–Kier alpha value is -2.69. The lowest BCUT2D eigenvalue weighted by atomic mass is 10.3. The predicted octanol–water partition coefficient (Wildman–Crippen LogP) is 2.72. The van der Waals surface area contributed by atoms with E-state index >= 15 is 0 Å². The molecule has 0 aliphatic rings. The van der Waals surface area contributed by atoms with Crippen molar-refractivity contribution in [3.8, 4) is 5.75 Å². The van der Waals surface area contributed by atoms with Crippen molar-refractivity contribution >= 4 is 16.8 Å². The van der Waals surface area contributed by atoms with Gasteiger partial charge in [-0.25, -0.2) is 4.79 Å². The summed E-state index contributed by atoms with van der Waals surface area (Å²) < 4.78 is 12.0. The molecule has 0 spiro atoms. The standard InChI is InChI=1S/C16H16N2O3/c1-20-13-6-4-5-12(11-13)17-9-10-18-14-7-2-3-8-15(14)21-16(18)19/h2-8,11,17H,9-10H2,1H3. The molecule has 5 heteroatoms. The Morgan fingerprint density at radius 2 is 2.05 bits per heavy atom. The van der Waals surface area contributed by atoms with E-state index in [1.54, 1.807) is 17.7 Å². The fourth-order valence-corrected chi connectivity index (χ4v) is 2.27. The maximum atomic E-state index is 11.8. The minimum absolute atomic E-state index is 0.330. The van der Waals surface area contributed by atoms with Crippen molar-refractivity contribution in [1.82, 2.24) is 4.57 Å². The summed E-state index contributed by atoms with van der Waals surface area (Å²) in [5, 5.41) is 3.27. The molecule has 3 rings (SSSR count). The van der Waals surface area contributed by atoms with E-state index in [1.165, 1.54) is 0 Å². The van der Waals surface area contributed by atoms with Crippen LogP contribution < -0.4 is 15.8 Å². The first-order valence-electron chi connectivity index (χ1n) is 6.74. The van der Waals surface area contributed by atoms with Gasteiger partial charge >= 0.3 is 5.76 Å². The zero-order valence-electron chi connectivity index (χ0n) is 11.7. The molecule has 0 amide bonds. The Balaban J connectivity index is 1.72. The third-order valence-corrected chi connectivity index (χ3v) is 3.31. The van der Waals surface area contributed by atoms with Gasteiger partial charge in [-0.15, -0.1) is 0 Å². The van der Waals surface area contributed by atoms with E-state index in [2.05, 4.69) is 5.32 Å². The van der Waals surface area contributed by atoms with Crippen LogP contribution in [0.4, 0.5) is 5.69 Å². The van der Waals surface area contributed by atoms with Gasteiger partial charge in [0.2, 0.25) is 0 Å². The number of hydrogen-bond acceptors (Lipinski definition) is 4. The van der Waals surface area contributed by atoms with E-state index in [0.29, 0.717) is 18.7 Å². The van der Waals surface area contributed by atoms with Crippen molar-refractivity contribution in [2.45, 2.75) is 6.54 Å². The molecule has 0 radical (unpaired) electrons. The highest BCUT2D eigenvalue weighted by atomic mass is 16.5. The normalized spacial score (nSPS) is 10.7.